The number of carbonyl (C=O) groups excluding carboxylic acids is 6. The van der Waals surface area contributed by atoms with Gasteiger partial charge in [0.05, 0.1) is 12.1 Å². The average molecular weight is 1190 g/mol. The van der Waals surface area contributed by atoms with Crippen LogP contribution < -0.4 is 10.6 Å². The van der Waals surface area contributed by atoms with E-state index in [0.717, 1.165) is 55.0 Å². The normalized spacial score (nSPS) is 11.5. The summed E-state index contributed by atoms with van der Waals surface area (Å²) >= 11 is 6.92. The van der Waals surface area contributed by atoms with Crippen LogP contribution in [0.3, 0.4) is 0 Å². The molecule has 2 atom stereocenters. The zero-order valence-corrected chi connectivity index (χ0v) is 48.9. The van der Waals surface area contributed by atoms with Crippen molar-refractivity contribution in [3.05, 3.63) is 259 Å². The molecule has 10 nitrogen and oxygen atoms in total. The van der Waals surface area contributed by atoms with E-state index in [-0.39, 0.29) is 41.6 Å². The Bertz CT molecular complexity index is 3780. The zero-order chi connectivity index (χ0) is 57.5. The van der Waals surface area contributed by atoms with Crippen molar-refractivity contribution < 1.29 is 28.8 Å². The van der Waals surface area contributed by atoms with E-state index in [9.17, 15) is 9.59 Å². The quantitative estimate of drug-likeness (QED) is 0.125. The number of nitrogens with one attached hydrogen (secondary N) is 2. The Balaban J connectivity index is 0.000000211. The van der Waals surface area contributed by atoms with Crippen molar-refractivity contribution in [3.63, 3.8) is 0 Å². The molecule has 80 heavy (non-hydrogen) atoms. The fourth-order valence-electron chi connectivity index (χ4n) is 9.73. The lowest BCUT2D eigenvalue weighted by Crippen LogP contribution is -2.26. The van der Waals surface area contributed by atoms with Gasteiger partial charge in [0.1, 0.15) is 0 Å². The molecule has 2 heterocycles. The molecule has 0 bridgehead atoms. The van der Waals surface area contributed by atoms with Gasteiger partial charge >= 0.3 is 12.3 Å². The average Bonchev–Trinajstić information content (AvgIpc) is 4.02. The smallest absolute Gasteiger partial charge is 0.346 e. The van der Waals surface area contributed by atoms with E-state index in [1.807, 2.05) is 92.7 Å². The van der Waals surface area contributed by atoms with Gasteiger partial charge in [-0.25, -0.2) is 0 Å². The summed E-state index contributed by atoms with van der Waals surface area (Å²) in [5.74, 6) is -0.131. The largest absolute Gasteiger partial charge is 0.373 e. The minimum Gasteiger partial charge on any atom is -0.346 e. The van der Waals surface area contributed by atoms with E-state index in [4.69, 9.17) is 19.2 Å². The molecule has 8 aromatic carbocycles. The van der Waals surface area contributed by atoms with Gasteiger partial charge in [0.2, 0.25) is 0 Å². The molecular formula is C68H62Br2N4O6. The molecule has 0 fully saturated rings. The highest BCUT2D eigenvalue weighted by Gasteiger charge is 2.19. The molecule has 2 amide bonds. The van der Waals surface area contributed by atoms with Crippen molar-refractivity contribution in [1.82, 2.24) is 19.8 Å². The molecule has 10 aromatic rings. The van der Waals surface area contributed by atoms with Crippen molar-refractivity contribution >= 4 is 77.8 Å². The van der Waals surface area contributed by atoms with Gasteiger partial charge in [-0.3, -0.25) is 9.59 Å². The SMILES string of the molecule is Cc1cc2cc(C(=O)N[C@@H](C)c3ccc(Br)cc3)ccc2n1Cc1ccc(-c2ccccc2)cc1.Cc1cc2cc(C(=O)N[C@@H](C)c3ccc(Br)cc3)ccc2n1Cc1ccc(-c2ccccc2C(C)(C)C)cc1.O=C=O.O=C=O. The van der Waals surface area contributed by atoms with Gasteiger partial charge in [0.15, 0.2) is 0 Å². The third kappa shape index (κ3) is 15.2. The van der Waals surface area contributed by atoms with Crippen molar-refractivity contribution in [1.29, 1.82) is 0 Å². The van der Waals surface area contributed by atoms with E-state index in [1.54, 1.807) is 0 Å². The van der Waals surface area contributed by atoms with Gasteiger partial charge in [0.25, 0.3) is 11.8 Å². The summed E-state index contributed by atoms with van der Waals surface area (Å²) in [7, 11) is 0. The molecule has 0 radical (unpaired) electrons. The minimum atomic E-state index is -0.0778. The predicted octanol–water partition coefficient (Wildman–Crippen LogP) is 16.0. The summed E-state index contributed by atoms with van der Waals surface area (Å²) in [6.45, 7) is 16.6. The maximum Gasteiger partial charge on any atom is 0.373 e. The lowest BCUT2D eigenvalue weighted by atomic mass is 9.82. The molecule has 0 unspecified atom stereocenters. The lowest BCUT2D eigenvalue weighted by Gasteiger charge is -2.23. The number of nitrogens with zero attached hydrogens (tertiary/aromatic N) is 2. The van der Waals surface area contributed by atoms with E-state index < -0.39 is 0 Å². The first-order chi connectivity index (χ1) is 38.4. The van der Waals surface area contributed by atoms with Crippen molar-refractivity contribution in [2.45, 2.75) is 79.1 Å². The third-order valence-electron chi connectivity index (χ3n) is 13.9. The number of aromatic nitrogens is 2. The lowest BCUT2D eigenvalue weighted by molar-refractivity contribution is -0.193. The highest BCUT2D eigenvalue weighted by atomic mass is 79.9. The van der Waals surface area contributed by atoms with Gasteiger partial charge in [-0.1, -0.05) is 180 Å². The number of fused-ring (bicyclic) bond motifs is 2. The van der Waals surface area contributed by atoms with Gasteiger partial charge < -0.3 is 19.8 Å². The van der Waals surface area contributed by atoms with E-state index in [0.29, 0.717) is 11.1 Å². The Morgan fingerprint density at radius 3 is 1.26 bits per heavy atom. The van der Waals surface area contributed by atoms with Crippen LogP contribution in [0.5, 0.6) is 0 Å². The second-order valence-corrected chi connectivity index (χ2v) is 22.3. The van der Waals surface area contributed by atoms with Crippen LogP contribution in [0.25, 0.3) is 44.1 Å². The number of aryl methyl sites for hydroxylation is 2. The van der Waals surface area contributed by atoms with Crippen molar-refractivity contribution in [3.8, 4) is 22.3 Å². The fourth-order valence-corrected chi connectivity index (χ4v) is 10.3. The molecule has 10 rings (SSSR count). The summed E-state index contributed by atoms with van der Waals surface area (Å²) in [6, 6.07) is 69.0. The van der Waals surface area contributed by atoms with Crippen LogP contribution in [0.15, 0.2) is 209 Å². The Morgan fingerprint density at radius 1 is 0.475 bits per heavy atom. The molecule has 0 aliphatic heterocycles. The van der Waals surface area contributed by atoms with Crippen LogP contribution in [-0.2, 0) is 37.7 Å². The number of benzene rings is 8. The van der Waals surface area contributed by atoms with Crippen molar-refractivity contribution in [2.24, 2.45) is 0 Å². The maximum atomic E-state index is 13.0. The van der Waals surface area contributed by atoms with Crippen LogP contribution in [0, 0.1) is 13.8 Å². The van der Waals surface area contributed by atoms with Gasteiger partial charge in [-0.2, -0.15) is 19.2 Å². The number of rotatable bonds is 12. The van der Waals surface area contributed by atoms with Gasteiger partial charge in [-0.05, 0) is 156 Å². The van der Waals surface area contributed by atoms with Crippen LogP contribution >= 0.6 is 31.9 Å². The monoisotopic (exact) mass is 1190 g/mol. The highest BCUT2D eigenvalue weighted by molar-refractivity contribution is 9.10. The number of carbonyl (C=O) groups is 2. The van der Waals surface area contributed by atoms with Crippen LogP contribution in [0.2, 0.25) is 0 Å². The molecule has 0 aliphatic rings. The number of hydrogen-bond acceptors (Lipinski definition) is 6. The summed E-state index contributed by atoms with van der Waals surface area (Å²) in [6.07, 6.45) is 0.500. The first-order valence-electron chi connectivity index (χ1n) is 26.1. The summed E-state index contributed by atoms with van der Waals surface area (Å²) in [5.41, 5.74) is 17.0. The van der Waals surface area contributed by atoms with E-state index in [1.165, 1.54) is 50.3 Å². The second-order valence-electron chi connectivity index (χ2n) is 20.5. The van der Waals surface area contributed by atoms with Gasteiger partial charge in [0, 0.05) is 66.4 Å². The van der Waals surface area contributed by atoms with Crippen molar-refractivity contribution in [2.75, 3.05) is 0 Å². The molecule has 12 heteroatoms. The summed E-state index contributed by atoms with van der Waals surface area (Å²) in [4.78, 5) is 58.5. The molecule has 2 N–H and O–H groups in total. The summed E-state index contributed by atoms with van der Waals surface area (Å²) in [5, 5.41) is 8.40. The Labute approximate surface area is 484 Å². The van der Waals surface area contributed by atoms with Crippen LogP contribution in [0.1, 0.15) is 107 Å². The molecule has 2 aromatic heterocycles. The molecule has 0 saturated carbocycles. The number of halogens is 2. The summed E-state index contributed by atoms with van der Waals surface area (Å²) < 4.78 is 6.67. The molecule has 0 saturated heterocycles. The standard InChI is InChI=1S/C35H35BrN2O.C31H27BrN2O.2CO2/c1-23-20-29-21-28(34(39)37-24(2)26-14-17-30(36)18-15-26)16-19-33(29)38(23)22-25-10-12-27(13-11-25)31-8-6-7-9-32(31)35(3,4)5;1-21-18-28-19-27(31(35)33-22(2)24-12-15-29(32)16-13-24)14-17-30(28)34(21)20-23-8-10-26(11-9-23)25-6-4-3-5-7-25;2*2-1-3/h6-21,24H,22H2,1-5H3,(H,37,39);3-19,22H,20H2,1-2H3,(H,33,35);;/t24-;22-;;/m00../s1. The van der Waals surface area contributed by atoms with Gasteiger partial charge in [-0.15, -0.1) is 0 Å². The Kier molecular flexibility index (Phi) is 20.3. The van der Waals surface area contributed by atoms with E-state index >= 15 is 0 Å². The topological polar surface area (TPSA) is 136 Å². The highest BCUT2D eigenvalue weighted by Crippen LogP contribution is 2.34. The molecule has 0 spiro atoms. The fraction of sp³-hybridized carbons (Fsp3) is 0.176. The number of amides is 2. The molecule has 404 valence electrons. The van der Waals surface area contributed by atoms with Crippen LogP contribution in [-0.4, -0.2) is 33.3 Å². The predicted molar refractivity (Wildman–Crippen MR) is 324 cm³/mol. The van der Waals surface area contributed by atoms with E-state index in [2.05, 4.69) is 208 Å². The molecule has 0 aliphatic carbocycles. The minimum absolute atomic E-state index is 0.0655. The molecular weight excluding hydrogens is 1130 g/mol. The Hall–Kier alpha value is -8.50. The zero-order valence-electron chi connectivity index (χ0n) is 45.7. The maximum absolute atomic E-state index is 13.0. The second kappa shape index (κ2) is 27.4. The van der Waals surface area contributed by atoms with Crippen LogP contribution in [0.4, 0.5) is 0 Å². The Morgan fingerprint density at radius 2 is 0.850 bits per heavy atom. The first kappa shape index (κ1) is 59.2. The third-order valence-corrected chi connectivity index (χ3v) is 15.0. The first-order valence-corrected chi connectivity index (χ1v) is 27.6. The number of hydrogen-bond donors (Lipinski definition) is 2.